The fourth-order valence-electron chi connectivity index (χ4n) is 2.40. The van der Waals surface area contributed by atoms with Crippen LogP contribution in [0.2, 0.25) is 0 Å². The van der Waals surface area contributed by atoms with Crippen molar-refractivity contribution in [2.75, 3.05) is 6.54 Å². The molecule has 0 aliphatic heterocycles. The fraction of sp³-hybridized carbons (Fsp3) is 0.462. The minimum Gasteiger partial charge on any atom is -0.309 e. The highest BCUT2D eigenvalue weighted by molar-refractivity contribution is 9.10. The third kappa shape index (κ3) is 2.29. The maximum absolute atomic E-state index is 4.85. The van der Waals surface area contributed by atoms with Gasteiger partial charge in [-0.1, -0.05) is 6.92 Å². The Labute approximate surface area is 124 Å². The number of hydrogen-bond donors (Lipinski definition) is 1. The first-order valence-electron chi connectivity index (χ1n) is 6.26. The number of nitrogens with one attached hydrogen (secondary N) is 1. The number of halogens is 1. The van der Waals surface area contributed by atoms with Gasteiger partial charge in [0.15, 0.2) is 0 Å². The molecule has 0 fully saturated rings. The molecule has 0 amide bonds. The van der Waals surface area contributed by atoms with Crippen LogP contribution in [-0.4, -0.2) is 11.5 Å². The molecule has 96 valence electrons. The van der Waals surface area contributed by atoms with E-state index in [1.807, 2.05) is 11.3 Å². The van der Waals surface area contributed by atoms with E-state index in [0.717, 1.165) is 13.0 Å². The van der Waals surface area contributed by atoms with Gasteiger partial charge in [-0.25, -0.2) is 4.98 Å². The summed E-state index contributed by atoms with van der Waals surface area (Å²) in [7, 11) is 0. The molecule has 0 aromatic carbocycles. The van der Waals surface area contributed by atoms with E-state index in [2.05, 4.69) is 39.6 Å². The van der Waals surface area contributed by atoms with Gasteiger partial charge in [-0.15, -0.1) is 22.7 Å². The second-order valence-electron chi connectivity index (χ2n) is 4.43. The highest BCUT2D eigenvalue weighted by Gasteiger charge is 2.24. The number of aromatic nitrogens is 1. The lowest BCUT2D eigenvalue weighted by Crippen LogP contribution is -2.23. The largest absolute Gasteiger partial charge is 0.309 e. The molecule has 0 radical (unpaired) electrons. The first kappa shape index (κ1) is 12.8. The first-order valence-corrected chi connectivity index (χ1v) is 8.75. The zero-order valence-electron chi connectivity index (χ0n) is 10.2. The molecule has 5 heteroatoms. The van der Waals surface area contributed by atoms with Crippen molar-refractivity contribution in [3.05, 3.63) is 26.5 Å². The van der Waals surface area contributed by atoms with Gasteiger partial charge in [-0.05, 0) is 53.2 Å². The molecule has 2 heterocycles. The van der Waals surface area contributed by atoms with E-state index in [4.69, 9.17) is 4.98 Å². The molecule has 0 spiro atoms. The molecule has 2 aromatic rings. The summed E-state index contributed by atoms with van der Waals surface area (Å²) in [5.74, 6) is 0. The van der Waals surface area contributed by atoms with Crippen LogP contribution in [0.4, 0.5) is 0 Å². The van der Waals surface area contributed by atoms with Crippen molar-refractivity contribution in [2.24, 2.45) is 0 Å². The summed E-state index contributed by atoms with van der Waals surface area (Å²) in [5.41, 5.74) is 1.31. The van der Waals surface area contributed by atoms with Gasteiger partial charge in [0, 0.05) is 15.4 Å². The van der Waals surface area contributed by atoms with Crippen LogP contribution in [0, 0.1) is 0 Å². The molecule has 0 bridgehead atoms. The number of aryl methyl sites for hydroxylation is 1. The van der Waals surface area contributed by atoms with E-state index >= 15 is 0 Å². The Bertz CT molecular complexity index is 547. The lowest BCUT2D eigenvalue weighted by atomic mass is 9.98. The maximum Gasteiger partial charge on any atom is 0.135 e. The Balaban J connectivity index is 1.98. The van der Waals surface area contributed by atoms with Gasteiger partial charge >= 0.3 is 0 Å². The molecule has 1 unspecified atom stereocenters. The number of nitrogens with zero attached hydrogens (tertiary/aromatic N) is 1. The summed E-state index contributed by atoms with van der Waals surface area (Å²) in [5, 5.41) is 6.86. The Morgan fingerprint density at radius 3 is 3.17 bits per heavy atom. The van der Waals surface area contributed by atoms with Crippen molar-refractivity contribution >= 4 is 38.6 Å². The second-order valence-corrected chi connectivity index (χ2v) is 7.23. The fourth-order valence-corrected chi connectivity index (χ4v) is 5.42. The predicted octanol–water partition coefficient (Wildman–Crippen LogP) is 4.62. The van der Waals surface area contributed by atoms with Crippen LogP contribution in [0.1, 0.15) is 36.4 Å². The molecule has 2 aromatic heterocycles. The van der Waals surface area contributed by atoms with Gasteiger partial charge < -0.3 is 5.32 Å². The quantitative estimate of drug-likeness (QED) is 0.880. The van der Waals surface area contributed by atoms with Crippen molar-refractivity contribution in [3.8, 4) is 9.88 Å². The van der Waals surface area contributed by atoms with E-state index in [-0.39, 0.29) is 0 Å². The molecule has 1 atom stereocenters. The molecule has 2 nitrogen and oxygen atoms in total. The van der Waals surface area contributed by atoms with Gasteiger partial charge in [0.25, 0.3) is 0 Å². The van der Waals surface area contributed by atoms with Gasteiger partial charge in [0.2, 0.25) is 0 Å². The Morgan fingerprint density at radius 1 is 1.56 bits per heavy atom. The zero-order valence-corrected chi connectivity index (χ0v) is 13.4. The van der Waals surface area contributed by atoms with E-state index in [0.29, 0.717) is 6.04 Å². The van der Waals surface area contributed by atoms with Gasteiger partial charge in [0.1, 0.15) is 5.01 Å². The smallest absolute Gasteiger partial charge is 0.135 e. The first-order chi connectivity index (χ1) is 8.79. The van der Waals surface area contributed by atoms with E-state index in [1.54, 1.807) is 11.3 Å². The minimum absolute atomic E-state index is 0.517. The average Bonchev–Trinajstić information content (AvgIpc) is 2.95. The maximum atomic E-state index is 4.85. The van der Waals surface area contributed by atoms with Crippen LogP contribution in [-0.2, 0) is 6.42 Å². The number of thiophene rings is 1. The van der Waals surface area contributed by atoms with Crippen molar-refractivity contribution in [1.82, 2.24) is 10.3 Å². The molecule has 1 aliphatic rings. The van der Waals surface area contributed by atoms with Gasteiger partial charge in [-0.2, -0.15) is 0 Å². The van der Waals surface area contributed by atoms with Crippen LogP contribution < -0.4 is 5.32 Å². The Kier molecular flexibility index (Phi) is 3.84. The summed E-state index contributed by atoms with van der Waals surface area (Å²) in [6.45, 7) is 3.20. The monoisotopic (exact) mass is 342 g/mol. The summed E-state index contributed by atoms with van der Waals surface area (Å²) < 4.78 is 1.17. The SMILES string of the molecule is CCNC1CCCc2nc(-c3sccc3Br)sc21. The minimum atomic E-state index is 0.517. The summed E-state index contributed by atoms with van der Waals surface area (Å²) in [6.07, 6.45) is 3.63. The molecule has 1 aliphatic carbocycles. The van der Waals surface area contributed by atoms with Crippen LogP contribution in [0.3, 0.4) is 0 Å². The molecule has 0 saturated heterocycles. The predicted molar refractivity (Wildman–Crippen MR) is 82.5 cm³/mol. The second kappa shape index (κ2) is 5.41. The highest BCUT2D eigenvalue weighted by atomic mass is 79.9. The topological polar surface area (TPSA) is 24.9 Å². The molecular formula is C13H15BrN2S2. The van der Waals surface area contributed by atoms with Crippen LogP contribution in [0.5, 0.6) is 0 Å². The van der Waals surface area contributed by atoms with Crippen LogP contribution in [0.15, 0.2) is 15.9 Å². The van der Waals surface area contributed by atoms with Crippen molar-refractivity contribution < 1.29 is 0 Å². The third-order valence-electron chi connectivity index (χ3n) is 3.21. The van der Waals surface area contributed by atoms with E-state index in [9.17, 15) is 0 Å². The van der Waals surface area contributed by atoms with Crippen molar-refractivity contribution in [2.45, 2.75) is 32.2 Å². The molecular weight excluding hydrogens is 328 g/mol. The van der Waals surface area contributed by atoms with Gasteiger partial charge in [0.05, 0.1) is 10.6 Å². The third-order valence-corrected chi connectivity index (χ3v) is 6.41. The lowest BCUT2D eigenvalue weighted by Gasteiger charge is -2.21. The van der Waals surface area contributed by atoms with E-state index < -0.39 is 0 Å². The average molecular weight is 343 g/mol. The van der Waals surface area contributed by atoms with E-state index in [1.165, 1.54) is 37.8 Å². The van der Waals surface area contributed by atoms with Crippen LogP contribution >= 0.6 is 38.6 Å². The molecule has 0 saturated carbocycles. The summed E-state index contributed by atoms with van der Waals surface area (Å²) >= 11 is 7.23. The number of fused-ring (bicyclic) bond motifs is 1. The molecule has 3 rings (SSSR count). The molecule has 18 heavy (non-hydrogen) atoms. The van der Waals surface area contributed by atoms with Crippen molar-refractivity contribution in [3.63, 3.8) is 0 Å². The summed E-state index contributed by atoms with van der Waals surface area (Å²) in [6, 6.07) is 2.62. The molecule has 1 N–H and O–H groups in total. The standard InChI is InChI=1S/C13H15BrN2S2/c1-2-15-9-4-3-5-10-12(9)18-13(16-10)11-8(14)6-7-17-11/h6-7,9,15H,2-5H2,1H3. The van der Waals surface area contributed by atoms with Crippen LogP contribution in [0.25, 0.3) is 9.88 Å². The Hall–Kier alpha value is -0.230. The van der Waals surface area contributed by atoms with Gasteiger partial charge in [-0.3, -0.25) is 0 Å². The number of thiazole rings is 1. The number of hydrogen-bond acceptors (Lipinski definition) is 4. The number of rotatable bonds is 3. The highest BCUT2D eigenvalue weighted by Crippen LogP contribution is 2.41. The Morgan fingerprint density at radius 2 is 2.44 bits per heavy atom. The normalized spacial score (nSPS) is 18.9. The lowest BCUT2D eigenvalue weighted by molar-refractivity contribution is 0.476. The zero-order chi connectivity index (χ0) is 12.5. The summed E-state index contributed by atoms with van der Waals surface area (Å²) in [4.78, 5) is 7.57. The van der Waals surface area contributed by atoms with Crippen molar-refractivity contribution in [1.29, 1.82) is 0 Å².